The molecule has 1 heterocycles. The molecule has 1 atom stereocenters. The molecule has 1 saturated heterocycles. The predicted molar refractivity (Wildman–Crippen MR) is 83.2 cm³/mol. The maximum Gasteiger partial charge on any atom is 0.0471 e. The summed E-state index contributed by atoms with van der Waals surface area (Å²) in [5.41, 5.74) is 4.82. The summed E-state index contributed by atoms with van der Waals surface area (Å²) in [6, 6.07) is 9.03. The molecule has 0 aromatic heterocycles. The molecule has 1 unspecified atom stereocenters. The fourth-order valence-corrected chi connectivity index (χ4v) is 4.10. The van der Waals surface area contributed by atoms with E-state index in [1.807, 2.05) is 0 Å². The molecule has 1 aromatic carbocycles. The summed E-state index contributed by atoms with van der Waals surface area (Å²) >= 11 is 0. The third-order valence-corrected chi connectivity index (χ3v) is 5.14. The summed E-state index contributed by atoms with van der Waals surface area (Å²) < 4.78 is 5.29. The Labute approximate surface area is 122 Å². The number of methoxy groups -OCH3 is 1. The van der Waals surface area contributed by atoms with Gasteiger partial charge in [-0.25, -0.2) is 0 Å². The highest BCUT2D eigenvalue weighted by atomic mass is 16.5. The van der Waals surface area contributed by atoms with Gasteiger partial charge in [-0.3, -0.25) is 0 Å². The van der Waals surface area contributed by atoms with Crippen LogP contribution in [-0.2, 0) is 10.2 Å². The molecule has 20 heavy (non-hydrogen) atoms. The highest BCUT2D eigenvalue weighted by Gasteiger charge is 2.41. The van der Waals surface area contributed by atoms with Crippen molar-refractivity contribution < 1.29 is 4.74 Å². The Kier molecular flexibility index (Phi) is 3.95. The molecule has 2 heteroatoms. The Morgan fingerprint density at radius 3 is 2.80 bits per heavy atom. The second-order valence-electron chi connectivity index (χ2n) is 6.29. The normalized spacial score (nSPS) is 24.6. The molecular weight excluding hydrogens is 246 g/mol. The van der Waals surface area contributed by atoms with Gasteiger partial charge in [-0.15, -0.1) is 0 Å². The summed E-state index contributed by atoms with van der Waals surface area (Å²) in [5, 5.41) is 3.50. The summed E-state index contributed by atoms with van der Waals surface area (Å²) in [5.74, 6) is 0.478. The van der Waals surface area contributed by atoms with Gasteiger partial charge in [0.05, 0.1) is 0 Å². The summed E-state index contributed by atoms with van der Waals surface area (Å²) in [6.45, 7) is 7.49. The second-order valence-corrected chi connectivity index (χ2v) is 6.29. The number of rotatable bonds is 3. The number of fused-ring (bicyclic) bond motifs is 2. The van der Waals surface area contributed by atoms with Gasteiger partial charge in [0.2, 0.25) is 0 Å². The van der Waals surface area contributed by atoms with Crippen molar-refractivity contribution in [3.8, 4) is 0 Å². The molecular formula is C18H25NO. The molecule has 1 aliphatic carbocycles. The van der Waals surface area contributed by atoms with Crippen LogP contribution in [0.2, 0.25) is 0 Å². The predicted octanol–water partition coefficient (Wildman–Crippen LogP) is 3.39. The summed E-state index contributed by atoms with van der Waals surface area (Å²) in [4.78, 5) is 0. The summed E-state index contributed by atoms with van der Waals surface area (Å²) in [7, 11) is 1.78. The average molecular weight is 271 g/mol. The van der Waals surface area contributed by atoms with Crippen molar-refractivity contribution in [1.82, 2.24) is 5.32 Å². The first kappa shape index (κ1) is 13.8. The largest absolute Gasteiger partial charge is 0.385 e. The minimum absolute atomic E-state index is 0.336. The van der Waals surface area contributed by atoms with Crippen LogP contribution in [0.1, 0.15) is 42.7 Å². The van der Waals surface area contributed by atoms with E-state index < -0.39 is 0 Å². The highest BCUT2D eigenvalue weighted by molar-refractivity contribution is 5.46. The summed E-state index contributed by atoms with van der Waals surface area (Å²) in [6.07, 6.45) is 4.68. The van der Waals surface area contributed by atoms with Crippen molar-refractivity contribution in [3.63, 3.8) is 0 Å². The van der Waals surface area contributed by atoms with Crippen LogP contribution in [0.4, 0.5) is 0 Å². The molecule has 1 aliphatic heterocycles. The van der Waals surface area contributed by atoms with Gasteiger partial charge in [-0.1, -0.05) is 36.4 Å². The van der Waals surface area contributed by atoms with Crippen LogP contribution < -0.4 is 5.32 Å². The molecule has 0 saturated carbocycles. The molecule has 2 nitrogen and oxygen atoms in total. The van der Waals surface area contributed by atoms with Gasteiger partial charge >= 0.3 is 0 Å². The van der Waals surface area contributed by atoms with Crippen LogP contribution in [0.25, 0.3) is 0 Å². The first-order valence-electron chi connectivity index (χ1n) is 7.73. The molecule has 1 fully saturated rings. The lowest BCUT2D eigenvalue weighted by molar-refractivity contribution is 0.186. The first-order chi connectivity index (χ1) is 9.77. The Balaban J connectivity index is 1.99. The van der Waals surface area contributed by atoms with Gasteiger partial charge in [0.15, 0.2) is 0 Å². The second kappa shape index (κ2) is 5.71. The van der Waals surface area contributed by atoms with E-state index in [2.05, 4.69) is 36.2 Å². The number of hydrogen-bond donors (Lipinski definition) is 1. The smallest absolute Gasteiger partial charge is 0.0471 e. The van der Waals surface area contributed by atoms with Crippen molar-refractivity contribution in [2.75, 3.05) is 26.8 Å². The number of benzene rings is 1. The van der Waals surface area contributed by atoms with E-state index in [-0.39, 0.29) is 0 Å². The third-order valence-electron chi connectivity index (χ3n) is 5.14. The number of allylic oxidation sites excluding steroid dienone is 1. The Morgan fingerprint density at radius 2 is 2.05 bits per heavy atom. The number of piperidine rings is 1. The minimum atomic E-state index is 0.336. The molecule has 1 spiro atoms. The molecule has 0 bridgehead atoms. The molecule has 2 aliphatic rings. The monoisotopic (exact) mass is 271 g/mol. The molecule has 3 rings (SSSR count). The van der Waals surface area contributed by atoms with E-state index in [4.69, 9.17) is 4.74 Å². The van der Waals surface area contributed by atoms with Crippen LogP contribution in [0.3, 0.4) is 0 Å². The van der Waals surface area contributed by atoms with Crippen molar-refractivity contribution in [2.24, 2.45) is 0 Å². The van der Waals surface area contributed by atoms with E-state index in [9.17, 15) is 0 Å². The van der Waals surface area contributed by atoms with E-state index >= 15 is 0 Å². The average Bonchev–Trinajstić information content (AvgIpc) is 2.48. The highest BCUT2D eigenvalue weighted by Crippen LogP contribution is 2.50. The molecule has 1 N–H and O–H groups in total. The molecule has 0 radical (unpaired) electrons. The van der Waals surface area contributed by atoms with Gasteiger partial charge in [-0.05, 0) is 49.9 Å². The molecule has 108 valence electrons. The number of nitrogens with one attached hydrogen (secondary N) is 1. The van der Waals surface area contributed by atoms with Crippen molar-refractivity contribution in [2.45, 2.75) is 37.0 Å². The van der Waals surface area contributed by atoms with Gasteiger partial charge in [0, 0.05) is 25.0 Å². The minimum Gasteiger partial charge on any atom is -0.385 e. The van der Waals surface area contributed by atoms with Crippen molar-refractivity contribution in [1.29, 1.82) is 0 Å². The Hall–Kier alpha value is -1.12. The molecule has 1 aromatic rings. The van der Waals surface area contributed by atoms with E-state index in [1.165, 1.54) is 24.0 Å². The quantitative estimate of drug-likeness (QED) is 0.851. The van der Waals surface area contributed by atoms with Crippen LogP contribution in [0.5, 0.6) is 0 Å². The van der Waals surface area contributed by atoms with Crippen molar-refractivity contribution >= 4 is 0 Å². The number of ether oxygens (including phenoxy) is 1. The van der Waals surface area contributed by atoms with E-state index in [0.717, 1.165) is 32.5 Å². The Bertz CT molecular complexity index is 488. The molecule has 0 amide bonds. The van der Waals surface area contributed by atoms with Crippen LogP contribution in [-0.4, -0.2) is 26.8 Å². The van der Waals surface area contributed by atoms with Gasteiger partial charge in [0.1, 0.15) is 0 Å². The van der Waals surface area contributed by atoms with Crippen LogP contribution in [0, 0.1) is 0 Å². The lowest BCUT2D eigenvalue weighted by atomic mass is 9.60. The lowest BCUT2D eigenvalue weighted by Crippen LogP contribution is -2.43. The van der Waals surface area contributed by atoms with E-state index in [1.54, 1.807) is 12.7 Å². The van der Waals surface area contributed by atoms with Crippen LogP contribution >= 0.6 is 0 Å². The lowest BCUT2D eigenvalue weighted by Gasteiger charge is -2.46. The maximum atomic E-state index is 5.29. The van der Waals surface area contributed by atoms with Crippen molar-refractivity contribution in [3.05, 3.63) is 47.5 Å². The standard InChI is InChI=1S/C18H25NO/c1-14-13-18(8-10-19-11-9-18)17-6-4-3-5-16(17)15(14)7-12-20-2/h3-6,15,19H,1,7-13H2,2H3. The Morgan fingerprint density at radius 1 is 1.30 bits per heavy atom. The van der Waals surface area contributed by atoms with Gasteiger partial charge < -0.3 is 10.1 Å². The topological polar surface area (TPSA) is 21.3 Å². The van der Waals surface area contributed by atoms with E-state index in [0.29, 0.717) is 11.3 Å². The zero-order valence-corrected chi connectivity index (χ0v) is 12.5. The van der Waals surface area contributed by atoms with Crippen LogP contribution in [0.15, 0.2) is 36.4 Å². The maximum absolute atomic E-state index is 5.29. The van der Waals surface area contributed by atoms with Gasteiger partial charge in [0.25, 0.3) is 0 Å². The zero-order valence-electron chi connectivity index (χ0n) is 12.5. The van der Waals surface area contributed by atoms with Gasteiger partial charge in [-0.2, -0.15) is 0 Å². The number of hydrogen-bond acceptors (Lipinski definition) is 2. The third kappa shape index (κ3) is 2.32. The SMILES string of the molecule is C=C1CC2(CCNCC2)c2ccccc2C1CCOC. The fraction of sp³-hybridized carbons (Fsp3) is 0.556. The zero-order chi connectivity index (χ0) is 14.0. The first-order valence-corrected chi connectivity index (χ1v) is 7.73. The fourth-order valence-electron chi connectivity index (χ4n) is 4.10.